The Labute approximate surface area is 228 Å². The lowest BCUT2D eigenvalue weighted by molar-refractivity contribution is 0.0552. The number of hydrogen-bond donors (Lipinski definition) is 3. The van der Waals surface area contributed by atoms with Crippen LogP contribution < -0.4 is 11.6 Å². The van der Waals surface area contributed by atoms with E-state index in [1.807, 2.05) is 45.2 Å². The van der Waals surface area contributed by atoms with Gasteiger partial charge < -0.3 is 25.2 Å². The third-order valence-corrected chi connectivity index (χ3v) is 7.80. The SMILES string of the molecule is C/C(N)=C(\c1cnc2c3ccc(C(C)(C)O)cc3n(C(c3ccc(Cl)cc3)C3CCOCC3)c2c1)N(C)N. The first-order valence-electron chi connectivity index (χ1n) is 13.0. The van der Waals surface area contributed by atoms with Crippen LogP contribution in [0.3, 0.4) is 0 Å². The molecule has 0 aliphatic carbocycles. The van der Waals surface area contributed by atoms with Crippen molar-refractivity contribution in [2.24, 2.45) is 17.5 Å². The lowest BCUT2D eigenvalue weighted by Crippen LogP contribution is -2.27. The van der Waals surface area contributed by atoms with Gasteiger partial charge in [0.05, 0.1) is 33.9 Å². The Kier molecular flexibility index (Phi) is 7.13. The van der Waals surface area contributed by atoms with Gasteiger partial charge in [0.25, 0.3) is 0 Å². The molecule has 200 valence electrons. The van der Waals surface area contributed by atoms with Gasteiger partial charge in [0, 0.05) is 48.1 Å². The normalized spacial score (nSPS) is 16.6. The van der Waals surface area contributed by atoms with Crippen molar-refractivity contribution in [3.63, 3.8) is 0 Å². The van der Waals surface area contributed by atoms with E-state index in [4.69, 9.17) is 32.9 Å². The molecule has 5 N–H and O–H groups in total. The molecule has 7 nitrogen and oxygen atoms in total. The molecule has 3 heterocycles. The van der Waals surface area contributed by atoms with Crippen molar-refractivity contribution in [2.45, 2.75) is 45.3 Å². The number of benzene rings is 2. The number of ether oxygens (including phenoxy) is 1. The topological polar surface area (TPSA) is 103 Å². The van der Waals surface area contributed by atoms with Gasteiger partial charge in [0.15, 0.2) is 0 Å². The van der Waals surface area contributed by atoms with Crippen LogP contribution in [0.4, 0.5) is 0 Å². The van der Waals surface area contributed by atoms with Crippen molar-refractivity contribution in [1.82, 2.24) is 14.6 Å². The van der Waals surface area contributed by atoms with E-state index in [1.54, 1.807) is 7.05 Å². The summed E-state index contributed by atoms with van der Waals surface area (Å²) in [6, 6.07) is 16.4. The van der Waals surface area contributed by atoms with Crippen LogP contribution in [-0.2, 0) is 10.3 Å². The third-order valence-electron chi connectivity index (χ3n) is 7.55. The largest absolute Gasteiger partial charge is 0.401 e. The minimum Gasteiger partial charge on any atom is -0.401 e. The maximum absolute atomic E-state index is 10.9. The van der Waals surface area contributed by atoms with Gasteiger partial charge in [-0.25, -0.2) is 5.84 Å². The monoisotopic (exact) mass is 533 g/mol. The van der Waals surface area contributed by atoms with Crippen molar-refractivity contribution in [1.29, 1.82) is 0 Å². The maximum Gasteiger partial charge on any atom is 0.0960 e. The average Bonchev–Trinajstić information content (AvgIpc) is 3.18. The van der Waals surface area contributed by atoms with E-state index in [2.05, 4.69) is 34.9 Å². The Morgan fingerprint density at radius 3 is 2.42 bits per heavy atom. The highest BCUT2D eigenvalue weighted by molar-refractivity contribution is 6.30. The van der Waals surface area contributed by atoms with Gasteiger partial charge in [-0.2, -0.15) is 0 Å². The lowest BCUT2D eigenvalue weighted by atomic mass is 9.86. The van der Waals surface area contributed by atoms with Crippen LogP contribution >= 0.6 is 11.6 Å². The van der Waals surface area contributed by atoms with Crippen LogP contribution in [0.1, 0.15) is 56.3 Å². The van der Waals surface area contributed by atoms with Crippen molar-refractivity contribution in [3.05, 3.63) is 82.1 Å². The van der Waals surface area contributed by atoms with Crippen LogP contribution in [-0.4, -0.2) is 39.9 Å². The van der Waals surface area contributed by atoms with E-state index >= 15 is 0 Å². The summed E-state index contributed by atoms with van der Waals surface area (Å²) in [4.78, 5) is 4.94. The van der Waals surface area contributed by atoms with E-state index in [0.717, 1.165) is 64.8 Å². The van der Waals surface area contributed by atoms with Crippen LogP contribution in [0, 0.1) is 5.92 Å². The summed E-state index contributed by atoms with van der Waals surface area (Å²) in [6.45, 7) is 6.91. The fourth-order valence-electron chi connectivity index (χ4n) is 5.75. The lowest BCUT2D eigenvalue weighted by Gasteiger charge is -2.33. The third kappa shape index (κ3) is 4.87. The number of halogens is 1. The molecule has 0 saturated carbocycles. The minimum absolute atomic E-state index is 0.00674. The van der Waals surface area contributed by atoms with Gasteiger partial charge >= 0.3 is 0 Å². The molecule has 8 heteroatoms. The van der Waals surface area contributed by atoms with Crippen LogP contribution in [0.5, 0.6) is 0 Å². The fraction of sp³-hybridized carbons (Fsp3) is 0.367. The molecule has 1 atom stereocenters. The smallest absolute Gasteiger partial charge is 0.0960 e. The molecular weight excluding hydrogens is 498 g/mol. The van der Waals surface area contributed by atoms with Crippen molar-refractivity contribution < 1.29 is 9.84 Å². The Bertz CT molecular complexity index is 1490. The molecular formula is C30H36ClN5O2. The Morgan fingerprint density at radius 1 is 1.13 bits per heavy atom. The summed E-state index contributed by atoms with van der Waals surface area (Å²) < 4.78 is 8.13. The number of hydrogen-bond acceptors (Lipinski definition) is 6. The predicted molar refractivity (Wildman–Crippen MR) is 154 cm³/mol. The first-order chi connectivity index (χ1) is 18.1. The molecule has 0 amide bonds. The zero-order chi connectivity index (χ0) is 27.2. The standard InChI is InChI=1S/C30H36ClN5O2/c1-18(32)28(35(4)33)21-15-26-27(34-17-21)24-10-7-22(30(2,3)37)16-25(24)36(26)29(20-11-13-38-14-12-20)19-5-8-23(31)9-6-19/h5-10,15-17,20,29,37H,11-14,32-33H2,1-4H3/b28-18-. The second-order valence-corrected chi connectivity index (χ2v) is 11.3. The Morgan fingerprint density at radius 2 is 1.82 bits per heavy atom. The van der Waals surface area contributed by atoms with E-state index in [1.165, 1.54) is 10.6 Å². The maximum atomic E-state index is 10.9. The molecule has 1 aliphatic rings. The number of pyridine rings is 1. The molecule has 0 bridgehead atoms. The highest BCUT2D eigenvalue weighted by Gasteiger charge is 2.31. The van der Waals surface area contributed by atoms with Gasteiger partial charge in [-0.15, -0.1) is 0 Å². The average molecular weight is 534 g/mol. The molecule has 38 heavy (non-hydrogen) atoms. The fourth-order valence-corrected chi connectivity index (χ4v) is 5.87. The van der Waals surface area contributed by atoms with Crippen LogP contribution in [0.25, 0.3) is 27.6 Å². The highest BCUT2D eigenvalue weighted by atomic mass is 35.5. The van der Waals surface area contributed by atoms with Crippen LogP contribution in [0.2, 0.25) is 5.02 Å². The number of allylic oxidation sites excluding steroid dienone is 1. The zero-order valence-electron chi connectivity index (χ0n) is 22.4. The van der Waals surface area contributed by atoms with Crippen molar-refractivity contribution >= 4 is 39.2 Å². The van der Waals surface area contributed by atoms with E-state index < -0.39 is 5.60 Å². The zero-order valence-corrected chi connectivity index (χ0v) is 23.2. The number of fused-ring (bicyclic) bond motifs is 3. The first kappa shape index (κ1) is 26.5. The molecule has 0 radical (unpaired) electrons. The van der Waals surface area contributed by atoms with Crippen LogP contribution in [0.15, 0.2) is 60.4 Å². The van der Waals surface area contributed by atoms with Gasteiger partial charge in [0.2, 0.25) is 0 Å². The van der Waals surface area contributed by atoms with Crippen molar-refractivity contribution in [3.8, 4) is 0 Å². The number of nitrogens with zero attached hydrogens (tertiary/aromatic N) is 3. The van der Waals surface area contributed by atoms with E-state index in [-0.39, 0.29) is 6.04 Å². The summed E-state index contributed by atoms with van der Waals surface area (Å²) in [5.41, 5.74) is 12.3. The molecule has 1 unspecified atom stereocenters. The quantitative estimate of drug-likeness (QED) is 0.222. The van der Waals surface area contributed by atoms with E-state index in [9.17, 15) is 5.11 Å². The minimum atomic E-state index is -0.989. The Hall–Kier alpha value is -3.10. The number of aliphatic hydroxyl groups is 1. The molecule has 1 aliphatic heterocycles. The second-order valence-electron chi connectivity index (χ2n) is 10.8. The second kappa shape index (κ2) is 10.2. The molecule has 2 aromatic carbocycles. The Balaban J connectivity index is 1.87. The summed E-state index contributed by atoms with van der Waals surface area (Å²) >= 11 is 6.31. The van der Waals surface area contributed by atoms with Gasteiger partial charge in [-0.1, -0.05) is 35.9 Å². The highest BCUT2D eigenvalue weighted by Crippen LogP contribution is 2.42. The van der Waals surface area contributed by atoms with Crippen molar-refractivity contribution in [2.75, 3.05) is 20.3 Å². The number of nitrogens with two attached hydrogens (primary N) is 2. The summed E-state index contributed by atoms with van der Waals surface area (Å²) in [7, 11) is 1.78. The summed E-state index contributed by atoms with van der Waals surface area (Å²) in [6.07, 6.45) is 3.70. The predicted octanol–water partition coefficient (Wildman–Crippen LogP) is 5.54. The number of hydrazine groups is 1. The van der Waals surface area contributed by atoms with Gasteiger partial charge in [-0.3, -0.25) is 4.98 Å². The molecule has 5 rings (SSSR count). The molecule has 1 saturated heterocycles. The van der Waals surface area contributed by atoms with E-state index in [0.29, 0.717) is 16.6 Å². The summed E-state index contributed by atoms with van der Waals surface area (Å²) in [5.74, 6) is 6.52. The first-order valence-corrected chi connectivity index (χ1v) is 13.4. The molecule has 0 spiro atoms. The molecule has 2 aromatic heterocycles. The summed E-state index contributed by atoms with van der Waals surface area (Å²) in [5, 5.41) is 14.2. The number of aromatic nitrogens is 2. The van der Waals surface area contributed by atoms with Gasteiger partial charge in [-0.05, 0) is 74.9 Å². The molecule has 1 fully saturated rings. The number of rotatable bonds is 6. The van der Waals surface area contributed by atoms with Gasteiger partial charge in [0.1, 0.15) is 0 Å². The molecule has 4 aromatic rings.